The molecule has 84 valence electrons. The lowest BCUT2D eigenvalue weighted by Crippen LogP contribution is -2.08. The van der Waals surface area contributed by atoms with Crippen LogP contribution in [-0.4, -0.2) is 25.3 Å². The SMILES string of the molecule is CCCCC(C=NN(C)C)CCCC. The Hall–Kier alpha value is -0.530. The molecule has 0 aromatic carbocycles. The third-order valence-corrected chi connectivity index (χ3v) is 2.37. The van der Waals surface area contributed by atoms with Crippen LogP contribution in [0.1, 0.15) is 52.4 Å². The van der Waals surface area contributed by atoms with E-state index in [4.69, 9.17) is 0 Å². The molecule has 0 unspecified atom stereocenters. The lowest BCUT2D eigenvalue weighted by atomic mass is 9.97. The molecule has 0 saturated carbocycles. The van der Waals surface area contributed by atoms with Gasteiger partial charge in [0.25, 0.3) is 0 Å². The molecular formula is C12H26N2. The first-order valence-electron chi connectivity index (χ1n) is 5.92. The van der Waals surface area contributed by atoms with Gasteiger partial charge in [-0.1, -0.05) is 39.5 Å². The molecule has 2 nitrogen and oxygen atoms in total. The van der Waals surface area contributed by atoms with Gasteiger partial charge >= 0.3 is 0 Å². The highest BCUT2D eigenvalue weighted by Gasteiger charge is 2.04. The van der Waals surface area contributed by atoms with Gasteiger partial charge in [-0.3, -0.25) is 0 Å². The Morgan fingerprint density at radius 2 is 1.57 bits per heavy atom. The first kappa shape index (κ1) is 13.5. The molecule has 0 N–H and O–H groups in total. The molecule has 0 rings (SSSR count). The van der Waals surface area contributed by atoms with Crippen LogP contribution in [0.5, 0.6) is 0 Å². The van der Waals surface area contributed by atoms with E-state index in [0.717, 1.165) is 0 Å². The van der Waals surface area contributed by atoms with E-state index in [1.165, 1.54) is 38.5 Å². The zero-order chi connectivity index (χ0) is 10.8. The molecular weight excluding hydrogens is 172 g/mol. The van der Waals surface area contributed by atoms with E-state index in [1.54, 1.807) is 0 Å². The van der Waals surface area contributed by atoms with E-state index in [1.807, 2.05) is 19.1 Å². The molecule has 14 heavy (non-hydrogen) atoms. The van der Waals surface area contributed by atoms with Gasteiger partial charge in [-0.2, -0.15) is 5.10 Å². The van der Waals surface area contributed by atoms with Crippen LogP contribution in [0.4, 0.5) is 0 Å². The number of hydrazone groups is 1. The van der Waals surface area contributed by atoms with Crippen LogP contribution in [0.25, 0.3) is 0 Å². The summed E-state index contributed by atoms with van der Waals surface area (Å²) >= 11 is 0. The van der Waals surface area contributed by atoms with Gasteiger partial charge in [-0.15, -0.1) is 0 Å². The minimum Gasteiger partial charge on any atom is -0.303 e. The second kappa shape index (κ2) is 9.04. The molecule has 0 fully saturated rings. The molecule has 0 atom stereocenters. The van der Waals surface area contributed by atoms with E-state index in [0.29, 0.717) is 5.92 Å². The lowest BCUT2D eigenvalue weighted by molar-refractivity contribution is 0.430. The molecule has 0 aliphatic heterocycles. The molecule has 0 saturated heterocycles. The maximum absolute atomic E-state index is 4.34. The predicted molar refractivity (Wildman–Crippen MR) is 64.7 cm³/mol. The van der Waals surface area contributed by atoms with Gasteiger partial charge in [-0.25, -0.2) is 0 Å². The summed E-state index contributed by atoms with van der Waals surface area (Å²) in [6.45, 7) is 4.50. The Bertz CT molecular complexity index is 133. The molecule has 0 aromatic rings. The monoisotopic (exact) mass is 198 g/mol. The van der Waals surface area contributed by atoms with Crippen molar-refractivity contribution in [2.24, 2.45) is 11.0 Å². The Morgan fingerprint density at radius 1 is 1.07 bits per heavy atom. The van der Waals surface area contributed by atoms with E-state index >= 15 is 0 Å². The van der Waals surface area contributed by atoms with E-state index < -0.39 is 0 Å². The van der Waals surface area contributed by atoms with Crippen molar-refractivity contribution in [3.05, 3.63) is 0 Å². The van der Waals surface area contributed by atoms with Gasteiger partial charge < -0.3 is 5.01 Å². The van der Waals surface area contributed by atoms with Crippen LogP contribution in [0.15, 0.2) is 5.10 Å². The topological polar surface area (TPSA) is 15.6 Å². The first-order chi connectivity index (χ1) is 6.70. The highest BCUT2D eigenvalue weighted by molar-refractivity contribution is 5.60. The number of hydrogen-bond donors (Lipinski definition) is 0. The second-order valence-electron chi connectivity index (χ2n) is 4.16. The third kappa shape index (κ3) is 8.09. The maximum Gasteiger partial charge on any atom is 0.0275 e. The van der Waals surface area contributed by atoms with Crippen LogP contribution in [-0.2, 0) is 0 Å². The number of unbranched alkanes of at least 4 members (excludes halogenated alkanes) is 2. The minimum absolute atomic E-state index is 0.692. The van der Waals surface area contributed by atoms with Crippen LogP contribution in [0.2, 0.25) is 0 Å². The summed E-state index contributed by atoms with van der Waals surface area (Å²) in [5.41, 5.74) is 0. The lowest BCUT2D eigenvalue weighted by Gasteiger charge is -2.12. The zero-order valence-corrected chi connectivity index (χ0v) is 10.3. The standard InChI is InChI=1S/C12H26N2/c1-5-7-9-12(10-8-6-2)11-13-14(3)4/h11-12H,5-10H2,1-4H3. The van der Waals surface area contributed by atoms with Gasteiger partial charge in [0, 0.05) is 20.3 Å². The smallest absolute Gasteiger partial charge is 0.0275 e. The number of rotatable bonds is 8. The van der Waals surface area contributed by atoms with Crippen LogP contribution < -0.4 is 0 Å². The number of hydrogen-bond acceptors (Lipinski definition) is 2. The summed E-state index contributed by atoms with van der Waals surface area (Å²) in [7, 11) is 3.96. The van der Waals surface area contributed by atoms with Crippen LogP contribution in [0.3, 0.4) is 0 Å². The fourth-order valence-corrected chi connectivity index (χ4v) is 1.45. The van der Waals surface area contributed by atoms with Gasteiger partial charge in [-0.05, 0) is 18.8 Å². The van der Waals surface area contributed by atoms with Gasteiger partial charge in [0.15, 0.2) is 0 Å². The summed E-state index contributed by atoms with van der Waals surface area (Å²) in [6, 6.07) is 0. The normalized spacial score (nSPS) is 11.5. The van der Waals surface area contributed by atoms with Crippen LogP contribution >= 0.6 is 0 Å². The fraction of sp³-hybridized carbons (Fsp3) is 0.917. The van der Waals surface area contributed by atoms with Gasteiger partial charge in [0.05, 0.1) is 0 Å². The molecule has 0 aromatic heterocycles. The summed E-state index contributed by atoms with van der Waals surface area (Å²) < 4.78 is 0. The molecule has 0 radical (unpaired) electrons. The predicted octanol–water partition coefficient (Wildman–Crippen LogP) is 3.53. The van der Waals surface area contributed by atoms with Crippen molar-refractivity contribution in [2.75, 3.05) is 14.1 Å². The molecule has 0 aliphatic carbocycles. The molecule has 0 heterocycles. The van der Waals surface area contributed by atoms with Gasteiger partial charge in [0.2, 0.25) is 0 Å². The Balaban J connectivity index is 3.83. The van der Waals surface area contributed by atoms with Gasteiger partial charge in [0.1, 0.15) is 0 Å². The number of nitrogens with zero attached hydrogens (tertiary/aromatic N) is 2. The first-order valence-corrected chi connectivity index (χ1v) is 5.92. The summed E-state index contributed by atoms with van der Waals surface area (Å²) in [4.78, 5) is 0. The molecule has 2 heteroatoms. The van der Waals surface area contributed by atoms with E-state index in [2.05, 4.69) is 25.2 Å². The Morgan fingerprint density at radius 3 is 1.93 bits per heavy atom. The van der Waals surface area contributed by atoms with E-state index in [9.17, 15) is 0 Å². The average Bonchev–Trinajstić information content (AvgIpc) is 2.16. The molecule has 0 aliphatic rings. The molecule has 0 amide bonds. The van der Waals surface area contributed by atoms with Crippen LogP contribution in [0, 0.1) is 5.92 Å². The average molecular weight is 198 g/mol. The van der Waals surface area contributed by atoms with E-state index in [-0.39, 0.29) is 0 Å². The quantitative estimate of drug-likeness (QED) is 0.430. The maximum atomic E-state index is 4.34. The largest absolute Gasteiger partial charge is 0.303 e. The third-order valence-electron chi connectivity index (χ3n) is 2.37. The highest BCUT2D eigenvalue weighted by Crippen LogP contribution is 2.14. The summed E-state index contributed by atoms with van der Waals surface area (Å²) in [6.07, 6.45) is 9.96. The van der Waals surface area contributed by atoms with Crippen molar-refractivity contribution in [2.45, 2.75) is 52.4 Å². The molecule has 0 spiro atoms. The van der Waals surface area contributed by atoms with Crippen molar-refractivity contribution in [1.29, 1.82) is 0 Å². The highest BCUT2D eigenvalue weighted by atomic mass is 15.4. The fourth-order valence-electron chi connectivity index (χ4n) is 1.45. The van der Waals surface area contributed by atoms with Crippen molar-refractivity contribution < 1.29 is 0 Å². The van der Waals surface area contributed by atoms with Crippen molar-refractivity contribution in [1.82, 2.24) is 5.01 Å². The summed E-state index contributed by atoms with van der Waals surface area (Å²) in [5.74, 6) is 0.692. The zero-order valence-electron chi connectivity index (χ0n) is 10.3. The van der Waals surface area contributed by atoms with Crippen molar-refractivity contribution in [3.8, 4) is 0 Å². The Labute approximate surface area is 89.4 Å². The molecule has 0 bridgehead atoms. The summed E-state index contributed by atoms with van der Waals surface area (Å²) in [5, 5.41) is 6.22. The Kier molecular flexibility index (Phi) is 8.70. The minimum atomic E-state index is 0.692. The van der Waals surface area contributed by atoms with Crippen molar-refractivity contribution >= 4 is 6.21 Å². The second-order valence-corrected chi connectivity index (χ2v) is 4.16. The van der Waals surface area contributed by atoms with Crippen molar-refractivity contribution in [3.63, 3.8) is 0 Å².